The number of rotatable bonds is 7. The van der Waals surface area contributed by atoms with Crippen molar-refractivity contribution in [3.63, 3.8) is 0 Å². The summed E-state index contributed by atoms with van der Waals surface area (Å²) in [7, 11) is 0. The first-order chi connectivity index (χ1) is 10.9. The predicted octanol–water partition coefficient (Wildman–Crippen LogP) is 4.71. The van der Waals surface area contributed by atoms with E-state index in [1.54, 1.807) is 0 Å². The number of hydrogen-bond donors (Lipinski definition) is 1. The van der Waals surface area contributed by atoms with Gasteiger partial charge < -0.3 is 4.74 Å². The molecule has 0 saturated heterocycles. The minimum atomic E-state index is -4.65. The molecule has 0 spiro atoms. The molecule has 0 fully saturated rings. The van der Waals surface area contributed by atoms with E-state index in [9.17, 15) is 22.4 Å². The van der Waals surface area contributed by atoms with E-state index in [1.807, 2.05) is 0 Å². The molecule has 0 saturated carbocycles. The van der Waals surface area contributed by atoms with Gasteiger partial charge in [0.05, 0.1) is 6.61 Å². The van der Waals surface area contributed by atoms with E-state index in [-0.39, 0.29) is 12.2 Å². The largest absolute Gasteiger partial charge is 0.465 e. The zero-order chi connectivity index (χ0) is 18.5. The van der Waals surface area contributed by atoms with Crippen molar-refractivity contribution in [3.05, 3.63) is 34.3 Å². The zero-order valence-electron chi connectivity index (χ0n) is 13.6. The van der Waals surface area contributed by atoms with Crippen molar-refractivity contribution in [1.29, 1.82) is 0 Å². The average Bonchev–Trinajstić information content (AvgIpc) is 2.42. The van der Waals surface area contributed by atoms with Crippen molar-refractivity contribution >= 4 is 21.9 Å². The molecule has 136 valence electrons. The second-order valence-corrected chi connectivity index (χ2v) is 6.84. The summed E-state index contributed by atoms with van der Waals surface area (Å²) in [6.45, 7) is 3.93. The lowest BCUT2D eigenvalue weighted by molar-refractivity contribution is -0.165. The first-order valence-corrected chi connectivity index (χ1v) is 8.17. The minimum Gasteiger partial charge on any atom is -0.465 e. The first-order valence-electron chi connectivity index (χ1n) is 7.38. The highest BCUT2D eigenvalue weighted by Crippen LogP contribution is 2.34. The highest BCUT2D eigenvalue weighted by atomic mass is 79.9. The number of hydrogen-bond acceptors (Lipinski definition) is 3. The number of benzene rings is 1. The lowest BCUT2D eigenvalue weighted by atomic mass is 9.98. The first kappa shape index (κ1) is 20.9. The van der Waals surface area contributed by atoms with Gasteiger partial charge in [0.1, 0.15) is 17.8 Å². The molecule has 2 unspecified atom stereocenters. The van der Waals surface area contributed by atoms with Crippen LogP contribution in [-0.2, 0) is 9.53 Å². The fraction of sp³-hybridized carbons (Fsp3) is 0.562. The molecule has 0 aliphatic rings. The molecule has 0 bridgehead atoms. The second kappa shape index (κ2) is 8.29. The third-order valence-corrected chi connectivity index (χ3v) is 3.69. The molecule has 24 heavy (non-hydrogen) atoms. The van der Waals surface area contributed by atoms with Gasteiger partial charge in [0.25, 0.3) is 0 Å². The van der Waals surface area contributed by atoms with Gasteiger partial charge in [-0.1, -0.05) is 28.1 Å². The third-order valence-electron chi connectivity index (χ3n) is 3.16. The summed E-state index contributed by atoms with van der Waals surface area (Å²) in [5.41, 5.74) is -1.91. The number of carbonyl (C=O) groups excluding carboxylic acids is 1. The molecule has 8 heteroatoms. The Kier molecular flexibility index (Phi) is 7.22. The minimum absolute atomic E-state index is 0.00129. The van der Waals surface area contributed by atoms with Crippen LogP contribution >= 0.6 is 15.9 Å². The van der Waals surface area contributed by atoms with Crippen molar-refractivity contribution in [2.24, 2.45) is 0 Å². The number of ether oxygens (including phenoxy) is 1. The summed E-state index contributed by atoms with van der Waals surface area (Å²) in [6, 6.07) is 1.99. The molecule has 0 heterocycles. The zero-order valence-corrected chi connectivity index (χ0v) is 15.2. The Labute approximate surface area is 146 Å². The van der Waals surface area contributed by atoms with Crippen LogP contribution in [-0.4, -0.2) is 30.5 Å². The van der Waals surface area contributed by atoms with Crippen LogP contribution in [0.3, 0.4) is 0 Å². The third kappa shape index (κ3) is 6.76. The molecule has 0 aliphatic carbocycles. The molecular weight excluding hydrogens is 394 g/mol. The number of carbonyl (C=O) groups is 1. The van der Waals surface area contributed by atoms with Crippen molar-refractivity contribution in [3.8, 4) is 0 Å². The SMILES string of the molecule is CCOC(=O)C(CC(C)(C)F)NC(c1ccc(Br)cc1)C(F)(F)F. The van der Waals surface area contributed by atoms with Crippen LogP contribution in [0.5, 0.6) is 0 Å². The molecule has 3 nitrogen and oxygen atoms in total. The van der Waals surface area contributed by atoms with Gasteiger partial charge in [-0.15, -0.1) is 0 Å². The van der Waals surface area contributed by atoms with Crippen LogP contribution in [0.15, 0.2) is 28.7 Å². The standard InChI is InChI=1S/C16H20BrF4NO2/c1-4-24-14(23)12(9-15(2,3)18)22-13(16(19,20)21)10-5-7-11(17)8-6-10/h5-8,12-13,22H,4,9H2,1-3H3. The van der Waals surface area contributed by atoms with Crippen molar-refractivity contribution in [2.75, 3.05) is 6.61 Å². The Hall–Kier alpha value is -1.15. The molecule has 0 radical (unpaired) electrons. The maximum atomic E-state index is 13.9. The Morgan fingerprint density at radius 2 is 1.75 bits per heavy atom. The normalized spacial score (nSPS) is 15.0. The number of alkyl halides is 4. The van der Waals surface area contributed by atoms with E-state index in [0.717, 1.165) is 0 Å². The van der Waals surface area contributed by atoms with Crippen LogP contribution in [0.4, 0.5) is 17.6 Å². The summed E-state index contributed by atoms with van der Waals surface area (Å²) in [5.74, 6) is -0.908. The fourth-order valence-corrected chi connectivity index (χ4v) is 2.44. The number of esters is 1. The van der Waals surface area contributed by atoms with E-state index >= 15 is 0 Å². The Morgan fingerprint density at radius 3 is 2.17 bits per heavy atom. The molecule has 1 N–H and O–H groups in total. The topological polar surface area (TPSA) is 38.3 Å². The van der Waals surface area contributed by atoms with E-state index in [4.69, 9.17) is 4.74 Å². The Morgan fingerprint density at radius 1 is 1.21 bits per heavy atom. The molecule has 0 aromatic heterocycles. The summed E-state index contributed by atoms with van der Waals surface area (Å²) in [6.07, 6.45) is -5.09. The number of halogens is 5. The monoisotopic (exact) mass is 413 g/mol. The second-order valence-electron chi connectivity index (χ2n) is 5.92. The Balaban J connectivity index is 3.11. The maximum absolute atomic E-state index is 13.9. The van der Waals surface area contributed by atoms with E-state index in [0.29, 0.717) is 4.47 Å². The highest BCUT2D eigenvalue weighted by Gasteiger charge is 2.44. The van der Waals surface area contributed by atoms with Crippen LogP contribution in [0, 0.1) is 0 Å². The van der Waals surface area contributed by atoms with Gasteiger partial charge in [0.2, 0.25) is 0 Å². The van der Waals surface area contributed by atoms with E-state index < -0.39 is 36.3 Å². The molecule has 1 aromatic rings. The van der Waals surface area contributed by atoms with Crippen LogP contribution in [0.2, 0.25) is 0 Å². The van der Waals surface area contributed by atoms with Crippen LogP contribution in [0.1, 0.15) is 38.8 Å². The summed E-state index contributed by atoms with van der Waals surface area (Å²) >= 11 is 3.15. The van der Waals surface area contributed by atoms with Crippen LogP contribution in [0.25, 0.3) is 0 Å². The molecule has 1 aromatic carbocycles. The van der Waals surface area contributed by atoms with Crippen molar-refractivity contribution < 1.29 is 27.1 Å². The molecule has 0 amide bonds. The average molecular weight is 414 g/mol. The molecule has 0 aliphatic heterocycles. The van der Waals surface area contributed by atoms with Crippen molar-refractivity contribution in [1.82, 2.24) is 5.32 Å². The quantitative estimate of drug-likeness (QED) is 0.519. The summed E-state index contributed by atoms with van der Waals surface area (Å²) < 4.78 is 59.6. The predicted molar refractivity (Wildman–Crippen MR) is 86.3 cm³/mol. The van der Waals surface area contributed by atoms with Gasteiger partial charge >= 0.3 is 12.1 Å². The lowest BCUT2D eigenvalue weighted by Crippen LogP contribution is -2.47. The maximum Gasteiger partial charge on any atom is 0.407 e. The summed E-state index contributed by atoms with van der Waals surface area (Å²) in [5, 5.41) is 2.22. The summed E-state index contributed by atoms with van der Waals surface area (Å²) in [4.78, 5) is 11.9. The molecule has 1 rings (SSSR count). The van der Waals surface area contributed by atoms with Crippen molar-refractivity contribution in [2.45, 2.75) is 51.1 Å². The molecule has 2 atom stereocenters. The van der Waals surface area contributed by atoms with Gasteiger partial charge in [-0.3, -0.25) is 10.1 Å². The lowest BCUT2D eigenvalue weighted by Gasteiger charge is -2.29. The fourth-order valence-electron chi connectivity index (χ4n) is 2.17. The van der Waals surface area contributed by atoms with E-state index in [1.165, 1.54) is 45.0 Å². The smallest absolute Gasteiger partial charge is 0.407 e. The Bertz CT molecular complexity index is 540. The van der Waals surface area contributed by atoms with Gasteiger partial charge in [0, 0.05) is 10.9 Å². The van der Waals surface area contributed by atoms with Gasteiger partial charge in [-0.05, 0) is 38.5 Å². The van der Waals surface area contributed by atoms with E-state index in [2.05, 4.69) is 21.2 Å². The van der Waals surface area contributed by atoms with Crippen LogP contribution < -0.4 is 5.32 Å². The highest BCUT2D eigenvalue weighted by molar-refractivity contribution is 9.10. The van der Waals surface area contributed by atoms with Gasteiger partial charge in [-0.2, -0.15) is 13.2 Å². The van der Waals surface area contributed by atoms with Gasteiger partial charge in [0.15, 0.2) is 0 Å². The molecular formula is C16H20BrF4NO2. The van der Waals surface area contributed by atoms with Gasteiger partial charge in [-0.25, -0.2) is 4.39 Å². The number of nitrogens with one attached hydrogen (secondary N) is 1.